The average molecular weight is 227 g/mol. The van der Waals surface area contributed by atoms with E-state index in [1.165, 1.54) is 0 Å². The van der Waals surface area contributed by atoms with Gasteiger partial charge in [-0.05, 0) is 40.3 Å². The summed E-state index contributed by atoms with van der Waals surface area (Å²) in [6.45, 7) is 8.03. The van der Waals surface area contributed by atoms with Crippen LogP contribution in [-0.4, -0.2) is 50.1 Å². The van der Waals surface area contributed by atoms with Gasteiger partial charge in [0.25, 0.3) is 0 Å². The van der Waals surface area contributed by atoms with Crippen LogP contribution in [0.15, 0.2) is 0 Å². The van der Waals surface area contributed by atoms with Crippen LogP contribution in [0.25, 0.3) is 0 Å². The largest absolute Gasteiger partial charge is 0.356 e. The summed E-state index contributed by atoms with van der Waals surface area (Å²) in [5.41, 5.74) is 0. The molecule has 1 aliphatic heterocycles. The first-order valence-corrected chi connectivity index (χ1v) is 6.30. The Morgan fingerprint density at radius 2 is 2.12 bits per heavy atom. The molecule has 0 unspecified atom stereocenters. The van der Waals surface area contributed by atoms with E-state index in [4.69, 9.17) is 0 Å². The molecular formula is C12H25N3O. The average Bonchev–Trinajstić information content (AvgIpc) is 2.13. The zero-order valence-electron chi connectivity index (χ0n) is 10.8. The summed E-state index contributed by atoms with van der Waals surface area (Å²) in [4.78, 5) is 13.8. The van der Waals surface area contributed by atoms with E-state index >= 15 is 0 Å². The highest BCUT2D eigenvalue weighted by molar-refractivity contribution is 5.79. The Kier molecular flexibility index (Phi) is 5.77. The molecule has 0 radical (unpaired) electrons. The molecule has 0 aromatic rings. The maximum atomic E-state index is 11.5. The number of carbonyl (C=O) groups is 1. The fraction of sp³-hybridized carbons (Fsp3) is 0.917. The van der Waals surface area contributed by atoms with Crippen molar-refractivity contribution in [1.82, 2.24) is 15.5 Å². The van der Waals surface area contributed by atoms with Gasteiger partial charge in [-0.25, -0.2) is 0 Å². The van der Waals surface area contributed by atoms with Gasteiger partial charge in [0.2, 0.25) is 5.91 Å². The molecule has 0 aliphatic carbocycles. The van der Waals surface area contributed by atoms with Crippen molar-refractivity contribution in [2.75, 3.05) is 33.2 Å². The Bertz CT molecular complexity index is 214. The number of amides is 1. The highest BCUT2D eigenvalue weighted by atomic mass is 16.2. The first kappa shape index (κ1) is 13.5. The highest BCUT2D eigenvalue weighted by Gasteiger charge is 2.23. The van der Waals surface area contributed by atoms with E-state index < -0.39 is 0 Å². The number of nitrogens with zero attached hydrogens (tertiary/aromatic N) is 1. The van der Waals surface area contributed by atoms with Crippen LogP contribution in [0, 0.1) is 5.92 Å². The third-order valence-corrected chi connectivity index (χ3v) is 3.27. The fourth-order valence-corrected chi connectivity index (χ4v) is 1.57. The summed E-state index contributed by atoms with van der Waals surface area (Å²) in [6.07, 6.45) is 2.22. The van der Waals surface area contributed by atoms with Gasteiger partial charge in [-0.1, -0.05) is 0 Å². The van der Waals surface area contributed by atoms with Gasteiger partial charge < -0.3 is 15.5 Å². The van der Waals surface area contributed by atoms with E-state index in [1.54, 1.807) is 0 Å². The van der Waals surface area contributed by atoms with Gasteiger partial charge in [0, 0.05) is 25.7 Å². The van der Waals surface area contributed by atoms with Crippen LogP contribution in [0.2, 0.25) is 0 Å². The number of hydrogen-bond donors (Lipinski definition) is 2. The second-order valence-corrected chi connectivity index (χ2v) is 4.93. The van der Waals surface area contributed by atoms with Crippen molar-refractivity contribution >= 4 is 5.91 Å². The molecule has 0 spiro atoms. The van der Waals surface area contributed by atoms with Crippen LogP contribution in [0.1, 0.15) is 26.7 Å². The Labute approximate surface area is 98.8 Å². The van der Waals surface area contributed by atoms with Gasteiger partial charge in [0.1, 0.15) is 0 Å². The van der Waals surface area contributed by atoms with E-state index in [9.17, 15) is 4.79 Å². The lowest BCUT2D eigenvalue weighted by Crippen LogP contribution is -2.50. The van der Waals surface area contributed by atoms with Gasteiger partial charge in [-0.2, -0.15) is 0 Å². The van der Waals surface area contributed by atoms with Gasteiger partial charge in [-0.15, -0.1) is 0 Å². The van der Waals surface area contributed by atoms with Gasteiger partial charge in [-0.3, -0.25) is 4.79 Å². The van der Waals surface area contributed by atoms with E-state index in [2.05, 4.69) is 36.4 Å². The monoisotopic (exact) mass is 227 g/mol. The second-order valence-electron chi connectivity index (χ2n) is 4.93. The van der Waals surface area contributed by atoms with E-state index in [1.807, 2.05) is 0 Å². The van der Waals surface area contributed by atoms with Crippen LogP contribution in [0.3, 0.4) is 0 Å². The lowest BCUT2D eigenvalue weighted by molar-refractivity contribution is -0.126. The zero-order valence-corrected chi connectivity index (χ0v) is 10.8. The molecule has 1 fully saturated rings. The summed E-state index contributed by atoms with van der Waals surface area (Å²) in [5, 5.41) is 6.09. The zero-order chi connectivity index (χ0) is 12.0. The quantitative estimate of drug-likeness (QED) is 0.620. The molecule has 0 aromatic heterocycles. The predicted molar refractivity (Wildman–Crippen MR) is 66.4 cm³/mol. The first-order chi connectivity index (χ1) is 7.61. The molecule has 1 amide bonds. The Hall–Kier alpha value is -0.610. The number of nitrogens with one attached hydrogen (secondary N) is 2. The Balaban J connectivity index is 1.93. The Morgan fingerprint density at radius 3 is 2.62 bits per heavy atom. The first-order valence-electron chi connectivity index (χ1n) is 6.30. The molecule has 1 saturated heterocycles. The van der Waals surface area contributed by atoms with E-state index in [-0.39, 0.29) is 11.8 Å². The van der Waals surface area contributed by atoms with Gasteiger partial charge in [0.15, 0.2) is 0 Å². The molecule has 2 N–H and O–H groups in total. The number of unbranched alkanes of at least 4 members (excludes halogenated alkanes) is 1. The summed E-state index contributed by atoms with van der Waals surface area (Å²) in [7, 11) is 2.14. The molecule has 4 nitrogen and oxygen atoms in total. The minimum absolute atomic E-state index is 0.218. The van der Waals surface area contributed by atoms with Crippen molar-refractivity contribution in [2.45, 2.75) is 32.7 Å². The number of rotatable bonds is 7. The van der Waals surface area contributed by atoms with Crippen LogP contribution >= 0.6 is 0 Å². The lowest BCUT2D eigenvalue weighted by atomic mass is 10.0. The number of hydrogen-bond acceptors (Lipinski definition) is 3. The molecule has 16 heavy (non-hydrogen) atoms. The van der Waals surface area contributed by atoms with E-state index in [0.717, 1.165) is 39.0 Å². The maximum absolute atomic E-state index is 11.5. The summed E-state index contributed by atoms with van der Waals surface area (Å²) >= 11 is 0. The third-order valence-electron chi connectivity index (χ3n) is 3.27. The van der Waals surface area contributed by atoms with Crippen LogP contribution in [-0.2, 0) is 4.79 Å². The van der Waals surface area contributed by atoms with Crippen LogP contribution in [0.4, 0.5) is 0 Å². The molecule has 0 atom stereocenters. The van der Waals surface area contributed by atoms with Crippen LogP contribution in [0.5, 0.6) is 0 Å². The highest BCUT2D eigenvalue weighted by Crippen LogP contribution is 2.02. The normalized spacial score (nSPS) is 16.6. The summed E-state index contributed by atoms with van der Waals surface area (Å²) < 4.78 is 0. The minimum atomic E-state index is 0.218. The van der Waals surface area contributed by atoms with Gasteiger partial charge >= 0.3 is 0 Å². The SMILES string of the molecule is CC(C)N(C)CCCCNC(=O)C1CNC1. The molecule has 1 aliphatic rings. The van der Waals surface area contributed by atoms with Crippen LogP contribution < -0.4 is 10.6 Å². The molecule has 0 aromatic carbocycles. The molecule has 1 heterocycles. The van der Waals surface area contributed by atoms with Crippen molar-refractivity contribution in [3.05, 3.63) is 0 Å². The minimum Gasteiger partial charge on any atom is -0.356 e. The van der Waals surface area contributed by atoms with Crippen molar-refractivity contribution in [3.63, 3.8) is 0 Å². The molecular weight excluding hydrogens is 202 g/mol. The van der Waals surface area contributed by atoms with Crippen molar-refractivity contribution in [3.8, 4) is 0 Å². The molecule has 1 rings (SSSR count). The molecule has 0 saturated carbocycles. The molecule has 94 valence electrons. The molecule has 0 bridgehead atoms. The fourth-order valence-electron chi connectivity index (χ4n) is 1.57. The lowest BCUT2D eigenvalue weighted by Gasteiger charge is -2.26. The summed E-state index contributed by atoms with van der Waals surface area (Å²) in [6, 6.07) is 0.607. The number of carbonyl (C=O) groups excluding carboxylic acids is 1. The second kappa shape index (κ2) is 6.86. The standard InChI is InChI=1S/C12H25N3O/c1-10(2)15(3)7-5-4-6-14-12(16)11-8-13-9-11/h10-11,13H,4-9H2,1-3H3,(H,14,16). The topological polar surface area (TPSA) is 44.4 Å². The molecule has 4 heteroatoms. The third kappa shape index (κ3) is 4.49. The van der Waals surface area contributed by atoms with Crippen molar-refractivity contribution in [2.24, 2.45) is 5.92 Å². The Morgan fingerprint density at radius 1 is 1.44 bits per heavy atom. The predicted octanol–water partition coefficient (Wildman–Crippen LogP) is 0.442. The summed E-state index contributed by atoms with van der Waals surface area (Å²) in [5.74, 6) is 0.439. The van der Waals surface area contributed by atoms with Gasteiger partial charge in [0.05, 0.1) is 5.92 Å². The van der Waals surface area contributed by atoms with E-state index in [0.29, 0.717) is 6.04 Å². The maximum Gasteiger partial charge on any atom is 0.225 e. The van der Waals surface area contributed by atoms with Crippen molar-refractivity contribution < 1.29 is 4.79 Å². The van der Waals surface area contributed by atoms with Crippen molar-refractivity contribution in [1.29, 1.82) is 0 Å². The smallest absolute Gasteiger partial charge is 0.225 e.